The van der Waals surface area contributed by atoms with Gasteiger partial charge in [-0.3, -0.25) is 4.79 Å². The second-order valence-corrected chi connectivity index (χ2v) is 7.67. The van der Waals surface area contributed by atoms with E-state index in [1.807, 2.05) is 24.3 Å². The van der Waals surface area contributed by atoms with Crippen molar-refractivity contribution in [1.29, 1.82) is 0 Å². The number of ether oxygens (including phenoxy) is 1. The maximum atomic E-state index is 12.4. The highest BCUT2D eigenvalue weighted by atomic mass is 16.5. The highest BCUT2D eigenvalue weighted by molar-refractivity contribution is 5.79. The van der Waals surface area contributed by atoms with Crippen LogP contribution in [0.2, 0.25) is 0 Å². The van der Waals surface area contributed by atoms with Gasteiger partial charge in [-0.2, -0.15) is 0 Å². The molecule has 1 aromatic carbocycles. The average molecular weight is 330 g/mol. The molecule has 0 spiro atoms. The first-order valence-corrected chi connectivity index (χ1v) is 9.32. The molecule has 1 saturated heterocycles. The van der Waals surface area contributed by atoms with Gasteiger partial charge in [-0.05, 0) is 49.3 Å². The number of amides is 1. The van der Waals surface area contributed by atoms with Crippen LogP contribution in [0, 0.1) is 17.8 Å². The number of carbonyl (C=O) groups is 1. The third kappa shape index (κ3) is 4.50. The summed E-state index contributed by atoms with van der Waals surface area (Å²) in [6.07, 6.45) is 3.15. The molecule has 4 nitrogen and oxygen atoms in total. The monoisotopic (exact) mass is 330 g/mol. The lowest BCUT2D eigenvalue weighted by molar-refractivity contribution is -0.126. The highest BCUT2D eigenvalue weighted by Crippen LogP contribution is 2.26. The maximum absolute atomic E-state index is 12.4. The number of benzene rings is 1. The van der Waals surface area contributed by atoms with E-state index in [9.17, 15) is 4.79 Å². The van der Waals surface area contributed by atoms with Gasteiger partial charge in [0.05, 0.1) is 5.92 Å². The average Bonchev–Trinajstić information content (AvgIpc) is 2.57. The fourth-order valence-electron chi connectivity index (χ4n) is 4.13. The molecule has 0 unspecified atom stereocenters. The Bertz CT molecular complexity index is 550. The first-order chi connectivity index (χ1) is 11.6. The van der Waals surface area contributed by atoms with Crippen molar-refractivity contribution in [3.8, 4) is 5.75 Å². The number of nitrogens with one attached hydrogen (secondary N) is 1. The van der Waals surface area contributed by atoms with Gasteiger partial charge in [0.15, 0.2) is 0 Å². The second-order valence-electron chi connectivity index (χ2n) is 7.67. The molecule has 0 bridgehead atoms. The van der Waals surface area contributed by atoms with Gasteiger partial charge in [0.25, 0.3) is 0 Å². The van der Waals surface area contributed by atoms with Crippen LogP contribution in [0.1, 0.15) is 32.3 Å². The molecule has 0 aliphatic carbocycles. The Morgan fingerprint density at radius 2 is 2.00 bits per heavy atom. The lowest BCUT2D eigenvalue weighted by Gasteiger charge is -2.35. The Balaban J connectivity index is 1.37. The van der Waals surface area contributed by atoms with Crippen molar-refractivity contribution in [2.75, 3.05) is 32.8 Å². The zero-order chi connectivity index (χ0) is 16.9. The minimum atomic E-state index is -0.0602. The standard InChI is InChI=1S/C20H30N2O2/c1-15-10-16(2)13-22(12-15)9-5-8-21-20(23)18-11-17-6-3-4-7-19(17)24-14-18/h3-4,6-7,15-16,18H,5,8-14H2,1-2H3,(H,21,23)/t15-,16+,18-/m1/s1. The van der Waals surface area contributed by atoms with Crippen molar-refractivity contribution < 1.29 is 9.53 Å². The van der Waals surface area contributed by atoms with Crippen LogP contribution >= 0.6 is 0 Å². The quantitative estimate of drug-likeness (QED) is 0.844. The molecule has 3 rings (SSSR count). The minimum Gasteiger partial charge on any atom is -0.492 e. The Morgan fingerprint density at radius 3 is 2.79 bits per heavy atom. The summed E-state index contributed by atoms with van der Waals surface area (Å²) in [4.78, 5) is 14.9. The van der Waals surface area contributed by atoms with Gasteiger partial charge >= 0.3 is 0 Å². The van der Waals surface area contributed by atoms with Crippen LogP contribution in [0.15, 0.2) is 24.3 Å². The van der Waals surface area contributed by atoms with Crippen LogP contribution in [0.4, 0.5) is 0 Å². The van der Waals surface area contributed by atoms with Crippen molar-refractivity contribution >= 4 is 5.91 Å². The van der Waals surface area contributed by atoms with E-state index in [0.717, 1.165) is 49.1 Å². The molecule has 2 aliphatic heterocycles. The van der Waals surface area contributed by atoms with Crippen LogP contribution in [0.25, 0.3) is 0 Å². The van der Waals surface area contributed by atoms with Crippen molar-refractivity contribution in [2.45, 2.75) is 33.1 Å². The summed E-state index contributed by atoms with van der Waals surface area (Å²) in [5, 5.41) is 3.10. The van der Waals surface area contributed by atoms with E-state index < -0.39 is 0 Å². The molecule has 0 saturated carbocycles. The molecule has 0 aromatic heterocycles. The van der Waals surface area contributed by atoms with Gasteiger partial charge in [0.1, 0.15) is 12.4 Å². The topological polar surface area (TPSA) is 41.6 Å². The number of para-hydroxylation sites is 1. The van der Waals surface area contributed by atoms with Gasteiger partial charge in [0.2, 0.25) is 5.91 Å². The number of rotatable bonds is 5. The Kier molecular flexibility index (Phi) is 5.77. The largest absolute Gasteiger partial charge is 0.492 e. The molecule has 4 heteroatoms. The number of fused-ring (bicyclic) bond motifs is 1. The zero-order valence-corrected chi connectivity index (χ0v) is 15.0. The fraction of sp³-hybridized carbons (Fsp3) is 0.650. The molecule has 2 heterocycles. The highest BCUT2D eigenvalue weighted by Gasteiger charge is 2.25. The molecular weight excluding hydrogens is 300 g/mol. The summed E-state index contributed by atoms with van der Waals surface area (Å²) < 4.78 is 5.71. The van der Waals surface area contributed by atoms with Gasteiger partial charge < -0.3 is 15.0 Å². The maximum Gasteiger partial charge on any atom is 0.226 e. The zero-order valence-electron chi connectivity index (χ0n) is 15.0. The number of nitrogens with zero attached hydrogens (tertiary/aromatic N) is 1. The molecule has 0 radical (unpaired) electrons. The van der Waals surface area contributed by atoms with E-state index in [1.54, 1.807) is 0 Å². The van der Waals surface area contributed by atoms with Crippen LogP contribution < -0.4 is 10.1 Å². The SMILES string of the molecule is C[C@@H]1C[C@H](C)CN(CCCNC(=O)[C@H]2COc3ccccc3C2)C1. The normalized spacial score (nSPS) is 27.2. The summed E-state index contributed by atoms with van der Waals surface area (Å²) in [6, 6.07) is 8.00. The summed E-state index contributed by atoms with van der Waals surface area (Å²) in [5.74, 6) is 2.58. The first kappa shape index (κ1) is 17.3. The predicted molar refractivity (Wildman–Crippen MR) is 96.1 cm³/mol. The lowest BCUT2D eigenvalue weighted by atomic mass is 9.92. The smallest absolute Gasteiger partial charge is 0.226 e. The van der Waals surface area contributed by atoms with E-state index >= 15 is 0 Å². The van der Waals surface area contributed by atoms with Crippen molar-refractivity contribution in [2.24, 2.45) is 17.8 Å². The molecule has 3 atom stereocenters. The van der Waals surface area contributed by atoms with Crippen LogP contribution in [-0.4, -0.2) is 43.6 Å². The van der Waals surface area contributed by atoms with Crippen LogP contribution in [0.3, 0.4) is 0 Å². The van der Waals surface area contributed by atoms with Gasteiger partial charge in [-0.1, -0.05) is 32.0 Å². The van der Waals surface area contributed by atoms with E-state index in [0.29, 0.717) is 6.61 Å². The summed E-state index contributed by atoms with van der Waals surface area (Å²) in [6.45, 7) is 9.41. The number of piperidine rings is 1. The molecule has 1 aromatic rings. The van der Waals surface area contributed by atoms with Gasteiger partial charge in [-0.25, -0.2) is 0 Å². The number of carbonyl (C=O) groups excluding carboxylic acids is 1. The van der Waals surface area contributed by atoms with E-state index in [4.69, 9.17) is 4.74 Å². The fourth-order valence-corrected chi connectivity index (χ4v) is 4.13. The van der Waals surface area contributed by atoms with Crippen molar-refractivity contribution in [3.05, 3.63) is 29.8 Å². The molecule has 1 fully saturated rings. The Labute approximate surface area is 145 Å². The van der Waals surface area contributed by atoms with E-state index in [2.05, 4.69) is 24.1 Å². The molecule has 132 valence electrons. The summed E-state index contributed by atoms with van der Waals surface area (Å²) in [5.41, 5.74) is 1.14. The van der Waals surface area contributed by atoms with Crippen LogP contribution in [-0.2, 0) is 11.2 Å². The van der Waals surface area contributed by atoms with Crippen LogP contribution in [0.5, 0.6) is 5.75 Å². The third-order valence-electron chi connectivity index (χ3n) is 5.14. The van der Waals surface area contributed by atoms with E-state index in [1.165, 1.54) is 19.5 Å². The number of hydrogen-bond acceptors (Lipinski definition) is 3. The molecule has 1 N–H and O–H groups in total. The predicted octanol–water partition coefficient (Wildman–Crippen LogP) is 2.72. The third-order valence-corrected chi connectivity index (χ3v) is 5.14. The molecule has 2 aliphatic rings. The van der Waals surface area contributed by atoms with Crippen molar-refractivity contribution in [1.82, 2.24) is 10.2 Å². The van der Waals surface area contributed by atoms with Gasteiger partial charge in [-0.15, -0.1) is 0 Å². The van der Waals surface area contributed by atoms with Gasteiger partial charge in [0, 0.05) is 19.6 Å². The molecule has 1 amide bonds. The van der Waals surface area contributed by atoms with Crippen molar-refractivity contribution in [3.63, 3.8) is 0 Å². The Morgan fingerprint density at radius 1 is 1.25 bits per heavy atom. The molecular formula is C20H30N2O2. The molecule has 24 heavy (non-hydrogen) atoms. The number of hydrogen-bond donors (Lipinski definition) is 1. The second kappa shape index (κ2) is 8.02. The summed E-state index contributed by atoms with van der Waals surface area (Å²) >= 11 is 0. The minimum absolute atomic E-state index is 0.0602. The lowest BCUT2D eigenvalue weighted by Crippen LogP contribution is -2.41. The van der Waals surface area contributed by atoms with E-state index in [-0.39, 0.29) is 11.8 Å². The summed E-state index contributed by atoms with van der Waals surface area (Å²) in [7, 11) is 0. The number of likely N-dealkylation sites (tertiary alicyclic amines) is 1. The first-order valence-electron chi connectivity index (χ1n) is 9.32. The Hall–Kier alpha value is -1.55.